The molecule has 27 heavy (non-hydrogen) atoms. The average Bonchev–Trinajstić information content (AvgIpc) is 2.72. The number of carbonyl (C=O) groups is 1. The van der Waals surface area contributed by atoms with Crippen molar-refractivity contribution in [1.29, 1.82) is 0 Å². The number of benzene rings is 3. The van der Waals surface area contributed by atoms with Gasteiger partial charge in [-0.05, 0) is 35.7 Å². The molecular weight excluding hydrogens is 360 g/mol. The van der Waals surface area contributed by atoms with E-state index in [2.05, 4.69) is 22.7 Å². The van der Waals surface area contributed by atoms with Crippen LogP contribution in [-0.4, -0.2) is 18.2 Å². The van der Waals surface area contributed by atoms with Gasteiger partial charge in [-0.25, -0.2) is 5.43 Å². The van der Waals surface area contributed by atoms with Crippen molar-refractivity contribution < 1.29 is 9.53 Å². The van der Waals surface area contributed by atoms with Gasteiger partial charge in [0.1, 0.15) is 5.75 Å². The lowest BCUT2D eigenvalue weighted by molar-refractivity contribution is -0.123. The average molecular weight is 379 g/mol. The third-order valence-electron chi connectivity index (χ3n) is 3.95. The molecule has 0 saturated heterocycles. The van der Waals surface area contributed by atoms with E-state index in [1.807, 2.05) is 49.4 Å². The number of para-hydroxylation sites is 1. The van der Waals surface area contributed by atoms with E-state index in [0.29, 0.717) is 16.5 Å². The van der Waals surface area contributed by atoms with Gasteiger partial charge >= 0.3 is 0 Å². The zero-order valence-corrected chi connectivity index (χ0v) is 15.6. The first kappa shape index (κ1) is 18.7. The van der Waals surface area contributed by atoms with Gasteiger partial charge in [-0.2, -0.15) is 5.10 Å². The van der Waals surface area contributed by atoms with Gasteiger partial charge in [0, 0.05) is 0 Å². The van der Waals surface area contributed by atoms with Gasteiger partial charge in [0.05, 0.1) is 10.7 Å². The SMILES string of the molecule is C/C(=N\NC(=O)COc1ccccc1Cl)c1ccc(-c2ccccc2)cc1. The predicted molar refractivity (Wildman–Crippen MR) is 109 cm³/mol. The van der Waals surface area contributed by atoms with Crippen molar-refractivity contribution in [3.8, 4) is 16.9 Å². The Hall–Kier alpha value is -3.11. The van der Waals surface area contributed by atoms with Crippen molar-refractivity contribution in [3.05, 3.63) is 89.4 Å². The van der Waals surface area contributed by atoms with E-state index in [-0.39, 0.29) is 12.5 Å². The summed E-state index contributed by atoms with van der Waals surface area (Å²) in [7, 11) is 0. The number of hydrogen-bond acceptors (Lipinski definition) is 3. The number of rotatable bonds is 6. The zero-order chi connectivity index (χ0) is 19.1. The summed E-state index contributed by atoms with van der Waals surface area (Å²) in [4.78, 5) is 11.9. The van der Waals surface area contributed by atoms with Crippen LogP contribution in [0.4, 0.5) is 0 Å². The molecule has 0 aliphatic heterocycles. The summed E-state index contributed by atoms with van der Waals surface area (Å²) < 4.78 is 5.39. The number of hydrazone groups is 1. The molecule has 0 saturated carbocycles. The monoisotopic (exact) mass is 378 g/mol. The second-order valence-electron chi connectivity index (χ2n) is 5.89. The fourth-order valence-electron chi connectivity index (χ4n) is 2.48. The third-order valence-corrected chi connectivity index (χ3v) is 4.27. The molecule has 0 aromatic heterocycles. The molecular formula is C22H19ClN2O2. The van der Waals surface area contributed by atoms with Crippen LogP contribution < -0.4 is 10.2 Å². The van der Waals surface area contributed by atoms with E-state index in [9.17, 15) is 4.79 Å². The second kappa shape index (κ2) is 9.01. The maximum Gasteiger partial charge on any atom is 0.277 e. The molecule has 5 heteroatoms. The van der Waals surface area contributed by atoms with Crippen molar-refractivity contribution in [1.82, 2.24) is 5.43 Å². The zero-order valence-electron chi connectivity index (χ0n) is 14.9. The summed E-state index contributed by atoms with van der Waals surface area (Å²) in [5, 5.41) is 4.60. The number of halogens is 1. The topological polar surface area (TPSA) is 50.7 Å². The van der Waals surface area contributed by atoms with Crippen LogP contribution in [0.15, 0.2) is 84.0 Å². The molecule has 0 aliphatic rings. The van der Waals surface area contributed by atoms with Gasteiger partial charge in [-0.1, -0.05) is 78.3 Å². The molecule has 3 aromatic carbocycles. The number of ether oxygens (including phenoxy) is 1. The molecule has 0 bridgehead atoms. The standard InChI is InChI=1S/C22H19ClN2O2/c1-16(17-11-13-19(14-12-17)18-7-3-2-4-8-18)24-25-22(26)15-27-21-10-6-5-9-20(21)23/h2-14H,15H2,1H3,(H,25,26)/b24-16+. The smallest absolute Gasteiger partial charge is 0.277 e. The lowest BCUT2D eigenvalue weighted by Crippen LogP contribution is -2.25. The summed E-state index contributed by atoms with van der Waals surface area (Å²) in [5.41, 5.74) is 6.42. The largest absolute Gasteiger partial charge is 0.482 e. The maximum atomic E-state index is 11.9. The Morgan fingerprint density at radius 2 is 1.56 bits per heavy atom. The number of carbonyl (C=O) groups excluding carboxylic acids is 1. The molecule has 0 spiro atoms. The first-order chi connectivity index (χ1) is 13.1. The number of nitrogens with zero attached hydrogens (tertiary/aromatic N) is 1. The van der Waals surface area contributed by atoms with Gasteiger partial charge in [0.25, 0.3) is 5.91 Å². The van der Waals surface area contributed by atoms with E-state index in [0.717, 1.165) is 16.7 Å². The molecule has 0 atom stereocenters. The summed E-state index contributed by atoms with van der Waals surface area (Å²) in [6.07, 6.45) is 0. The summed E-state index contributed by atoms with van der Waals surface area (Å²) >= 11 is 5.99. The number of nitrogens with one attached hydrogen (secondary N) is 1. The van der Waals surface area contributed by atoms with Crippen LogP contribution >= 0.6 is 11.6 Å². The molecule has 3 aromatic rings. The van der Waals surface area contributed by atoms with Crippen molar-refractivity contribution in [2.45, 2.75) is 6.92 Å². The van der Waals surface area contributed by atoms with Crippen LogP contribution in [0.3, 0.4) is 0 Å². The van der Waals surface area contributed by atoms with Crippen LogP contribution in [0.25, 0.3) is 11.1 Å². The third kappa shape index (κ3) is 5.19. The molecule has 0 unspecified atom stereocenters. The number of amides is 1. The fourth-order valence-corrected chi connectivity index (χ4v) is 2.67. The Balaban J connectivity index is 1.57. The van der Waals surface area contributed by atoms with Gasteiger partial charge in [0.15, 0.2) is 6.61 Å². The van der Waals surface area contributed by atoms with Gasteiger partial charge < -0.3 is 4.74 Å². The molecule has 4 nitrogen and oxygen atoms in total. The normalized spacial score (nSPS) is 11.1. The van der Waals surface area contributed by atoms with Crippen LogP contribution in [0.5, 0.6) is 5.75 Å². The van der Waals surface area contributed by atoms with Crippen LogP contribution in [0, 0.1) is 0 Å². The fraction of sp³-hybridized carbons (Fsp3) is 0.0909. The molecule has 0 fully saturated rings. The first-order valence-corrected chi connectivity index (χ1v) is 8.87. The van der Waals surface area contributed by atoms with Crippen molar-refractivity contribution in [3.63, 3.8) is 0 Å². The molecule has 0 radical (unpaired) electrons. The minimum Gasteiger partial charge on any atom is -0.482 e. The highest BCUT2D eigenvalue weighted by Crippen LogP contribution is 2.23. The summed E-state index contributed by atoms with van der Waals surface area (Å²) in [5.74, 6) is 0.113. The Bertz CT molecular complexity index is 938. The maximum absolute atomic E-state index is 11.9. The highest BCUT2D eigenvalue weighted by atomic mass is 35.5. The molecule has 1 amide bonds. The van der Waals surface area contributed by atoms with Crippen LogP contribution in [0.1, 0.15) is 12.5 Å². The van der Waals surface area contributed by atoms with Crippen molar-refractivity contribution >= 4 is 23.2 Å². The Kier molecular flexibility index (Phi) is 6.23. The van der Waals surface area contributed by atoms with E-state index in [1.54, 1.807) is 24.3 Å². The lowest BCUT2D eigenvalue weighted by Gasteiger charge is -2.07. The van der Waals surface area contributed by atoms with Gasteiger partial charge in [0.2, 0.25) is 0 Å². The highest BCUT2D eigenvalue weighted by molar-refractivity contribution is 6.32. The molecule has 1 N–H and O–H groups in total. The van der Waals surface area contributed by atoms with Crippen molar-refractivity contribution in [2.24, 2.45) is 5.10 Å². The van der Waals surface area contributed by atoms with Gasteiger partial charge in [-0.3, -0.25) is 4.79 Å². The molecule has 3 rings (SSSR count). The summed E-state index contributed by atoms with van der Waals surface area (Å²) in [6, 6.07) is 25.2. The molecule has 0 aliphatic carbocycles. The van der Waals surface area contributed by atoms with Crippen LogP contribution in [0.2, 0.25) is 5.02 Å². The number of hydrogen-bond donors (Lipinski definition) is 1. The minimum atomic E-state index is -0.352. The Morgan fingerprint density at radius 3 is 2.26 bits per heavy atom. The summed E-state index contributed by atoms with van der Waals surface area (Å²) in [6.45, 7) is 1.68. The second-order valence-corrected chi connectivity index (χ2v) is 6.30. The van der Waals surface area contributed by atoms with Gasteiger partial charge in [-0.15, -0.1) is 0 Å². The molecule has 136 valence electrons. The predicted octanol–water partition coefficient (Wildman–Crippen LogP) is 4.93. The Labute approximate surface area is 163 Å². The lowest BCUT2D eigenvalue weighted by atomic mass is 10.0. The quantitative estimate of drug-likeness (QED) is 0.488. The Morgan fingerprint density at radius 1 is 0.926 bits per heavy atom. The minimum absolute atomic E-state index is 0.159. The highest BCUT2D eigenvalue weighted by Gasteiger charge is 2.05. The molecule has 0 heterocycles. The van der Waals surface area contributed by atoms with E-state index in [1.165, 1.54) is 0 Å². The van der Waals surface area contributed by atoms with Crippen LogP contribution in [-0.2, 0) is 4.79 Å². The van der Waals surface area contributed by atoms with E-state index >= 15 is 0 Å². The van der Waals surface area contributed by atoms with Crippen molar-refractivity contribution in [2.75, 3.05) is 6.61 Å². The first-order valence-electron chi connectivity index (χ1n) is 8.50. The van der Waals surface area contributed by atoms with E-state index < -0.39 is 0 Å². The van der Waals surface area contributed by atoms with E-state index in [4.69, 9.17) is 16.3 Å².